The van der Waals surface area contributed by atoms with Crippen molar-refractivity contribution in [1.82, 2.24) is 24.6 Å². The largest absolute Gasteiger partial charge is 0.354 e. The van der Waals surface area contributed by atoms with Gasteiger partial charge in [-0.3, -0.25) is 14.7 Å². The number of nitrogens with one attached hydrogen (secondary N) is 2. The predicted octanol–water partition coefficient (Wildman–Crippen LogP) is 2.25. The number of aromatic amines is 1. The van der Waals surface area contributed by atoms with E-state index in [-0.39, 0.29) is 5.56 Å². The van der Waals surface area contributed by atoms with Gasteiger partial charge in [0.15, 0.2) is 5.65 Å². The smallest absolute Gasteiger partial charge is 0.263 e. The van der Waals surface area contributed by atoms with Gasteiger partial charge in [0.2, 0.25) is 5.95 Å². The molecule has 2 heterocycles. The van der Waals surface area contributed by atoms with Gasteiger partial charge >= 0.3 is 0 Å². The summed E-state index contributed by atoms with van der Waals surface area (Å²) in [6.07, 6.45) is 1.55. The maximum Gasteiger partial charge on any atom is 0.263 e. The lowest BCUT2D eigenvalue weighted by Crippen LogP contribution is -2.38. The van der Waals surface area contributed by atoms with Crippen LogP contribution in [0.1, 0.15) is 20.8 Å². The van der Waals surface area contributed by atoms with E-state index in [1.54, 1.807) is 10.9 Å². The van der Waals surface area contributed by atoms with Gasteiger partial charge in [0, 0.05) is 12.6 Å². The van der Waals surface area contributed by atoms with Crippen molar-refractivity contribution in [3.05, 3.63) is 46.9 Å². The Kier molecular flexibility index (Phi) is 5.14. The number of aromatic nitrogens is 4. The molecule has 0 amide bonds. The molecular weight excluding hydrogens is 316 g/mol. The third-order valence-corrected chi connectivity index (χ3v) is 4.44. The van der Waals surface area contributed by atoms with Crippen molar-refractivity contribution in [3.8, 4) is 5.69 Å². The summed E-state index contributed by atoms with van der Waals surface area (Å²) < 4.78 is 1.68. The Balaban J connectivity index is 1.89. The quantitative estimate of drug-likeness (QED) is 0.690. The van der Waals surface area contributed by atoms with E-state index in [1.807, 2.05) is 30.3 Å². The lowest BCUT2D eigenvalue weighted by atomic mass is 10.3. The highest BCUT2D eigenvalue weighted by molar-refractivity contribution is 5.76. The Bertz CT molecular complexity index is 881. The SMILES string of the molecule is CCN(CC)C(C)CNc1nc2c(cnn2-c2ccccc2)c(=O)[nH]1. The minimum absolute atomic E-state index is 0.190. The zero-order valence-corrected chi connectivity index (χ0v) is 14.9. The highest BCUT2D eigenvalue weighted by atomic mass is 16.1. The lowest BCUT2D eigenvalue weighted by molar-refractivity contribution is 0.240. The van der Waals surface area contributed by atoms with Crippen molar-refractivity contribution < 1.29 is 0 Å². The normalized spacial score (nSPS) is 12.6. The van der Waals surface area contributed by atoms with Gasteiger partial charge < -0.3 is 5.32 Å². The molecule has 0 aliphatic heterocycles. The van der Waals surface area contributed by atoms with Crippen LogP contribution >= 0.6 is 0 Å². The molecule has 1 atom stereocenters. The van der Waals surface area contributed by atoms with E-state index in [9.17, 15) is 4.79 Å². The Hall–Kier alpha value is -2.67. The van der Waals surface area contributed by atoms with Crippen LogP contribution in [0.3, 0.4) is 0 Å². The third-order valence-electron chi connectivity index (χ3n) is 4.44. The van der Waals surface area contributed by atoms with Crippen molar-refractivity contribution in [1.29, 1.82) is 0 Å². The standard InChI is InChI=1S/C18H24N6O/c1-4-23(5-2)13(3)11-19-18-21-16-15(17(25)22-18)12-20-24(16)14-9-7-6-8-10-14/h6-10,12-13H,4-5,11H2,1-3H3,(H2,19,21,22,25). The van der Waals surface area contributed by atoms with Crippen LogP contribution in [0.25, 0.3) is 16.7 Å². The zero-order valence-electron chi connectivity index (χ0n) is 14.9. The van der Waals surface area contributed by atoms with Crippen LogP contribution < -0.4 is 10.9 Å². The molecule has 2 aromatic heterocycles. The minimum atomic E-state index is -0.190. The summed E-state index contributed by atoms with van der Waals surface area (Å²) in [5.74, 6) is 0.467. The number of fused-ring (bicyclic) bond motifs is 1. The Labute approximate surface area is 146 Å². The van der Waals surface area contributed by atoms with E-state index in [4.69, 9.17) is 0 Å². The van der Waals surface area contributed by atoms with Crippen LogP contribution in [0, 0.1) is 0 Å². The van der Waals surface area contributed by atoms with E-state index in [2.05, 4.69) is 46.1 Å². The number of H-pyrrole nitrogens is 1. The fourth-order valence-electron chi connectivity index (χ4n) is 2.98. The van der Waals surface area contributed by atoms with Crippen LogP contribution in [-0.4, -0.2) is 50.3 Å². The molecule has 7 nitrogen and oxygen atoms in total. The highest BCUT2D eigenvalue weighted by Crippen LogP contribution is 2.14. The predicted molar refractivity (Wildman–Crippen MR) is 100 cm³/mol. The van der Waals surface area contributed by atoms with Crippen molar-refractivity contribution in [2.45, 2.75) is 26.8 Å². The van der Waals surface area contributed by atoms with Gasteiger partial charge in [-0.2, -0.15) is 10.1 Å². The van der Waals surface area contributed by atoms with Crippen LogP contribution in [0.5, 0.6) is 0 Å². The van der Waals surface area contributed by atoms with E-state index in [0.717, 1.165) is 18.8 Å². The molecule has 0 spiro atoms. The summed E-state index contributed by atoms with van der Waals surface area (Å²) >= 11 is 0. The summed E-state index contributed by atoms with van der Waals surface area (Å²) in [6, 6.07) is 10.0. The number of hydrogen-bond acceptors (Lipinski definition) is 5. The molecule has 25 heavy (non-hydrogen) atoms. The zero-order chi connectivity index (χ0) is 17.8. The average Bonchev–Trinajstić information content (AvgIpc) is 3.06. The van der Waals surface area contributed by atoms with Gasteiger partial charge in [-0.1, -0.05) is 32.0 Å². The number of para-hydroxylation sites is 1. The molecular formula is C18H24N6O. The maximum atomic E-state index is 12.3. The second-order valence-corrected chi connectivity index (χ2v) is 5.99. The van der Waals surface area contributed by atoms with E-state index < -0.39 is 0 Å². The monoisotopic (exact) mass is 340 g/mol. The van der Waals surface area contributed by atoms with Gasteiger partial charge in [-0.05, 0) is 32.1 Å². The average molecular weight is 340 g/mol. The number of rotatable bonds is 7. The van der Waals surface area contributed by atoms with E-state index >= 15 is 0 Å². The maximum absolute atomic E-state index is 12.3. The summed E-state index contributed by atoms with van der Waals surface area (Å²) in [5, 5.41) is 8.04. The van der Waals surface area contributed by atoms with E-state index in [0.29, 0.717) is 29.6 Å². The van der Waals surface area contributed by atoms with Gasteiger partial charge in [-0.25, -0.2) is 4.68 Å². The Morgan fingerprint density at radius 2 is 1.96 bits per heavy atom. The molecule has 132 valence electrons. The van der Waals surface area contributed by atoms with Gasteiger partial charge in [0.05, 0.1) is 11.9 Å². The summed E-state index contributed by atoms with van der Waals surface area (Å²) in [4.78, 5) is 22.0. The molecule has 0 saturated heterocycles. The molecule has 0 bridgehead atoms. The molecule has 0 aliphatic carbocycles. The van der Waals surface area contributed by atoms with Gasteiger partial charge in [0.1, 0.15) is 5.39 Å². The Morgan fingerprint density at radius 3 is 2.64 bits per heavy atom. The molecule has 1 aromatic carbocycles. The molecule has 3 rings (SSSR count). The topological polar surface area (TPSA) is 78.8 Å². The summed E-state index contributed by atoms with van der Waals surface area (Å²) in [7, 11) is 0. The molecule has 1 unspecified atom stereocenters. The number of nitrogens with zero attached hydrogens (tertiary/aromatic N) is 4. The Morgan fingerprint density at radius 1 is 1.24 bits per heavy atom. The third kappa shape index (κ3) is 3.56. The molecule has 0 fully saturated rings. The first kappa shape index (κ1) is 17.2. The van der Waals surface area contributed by atoms with Gasteiger partial charge in [-0.15, -0.1) is 0 Å². The second kappa shape index (κ2) is 7.48. The minimum Gasteiger partial charge on any atom is -0.354 e. The van der Waals surface area contributed by atoms with Crippen LogP contribution in [0.15, 0.2) is 41.3 Å². The van der Waals surface area contributed by atoms with E-state index in [1.165, 1.54) is 0 Å². The van der Waals surface area contributed by atoms with Gasteiger partial charge in [0.25, 0.3) is 5.56 Å². The molecule has 0 radical (unpaired) electrons. The second-order valence-electron chi connectivity index (χ2n) is 5.99. The van der Waals surface area contributed by atoms with Crippen LogP contribution in [0.2, 0.25) is 0 Å². The van der Waals surface area contributed by atoms with Crippen molar-refractivity contribution in [2.75, 3.05) is 25.0 Å². The summed E-state index contributed by atoms with van der Waals surface area (Å²) in [6.45, 7) is 9.13. The molecule has 3 aromatic rings. The fourth-order valence-corrected chi connectivity index (χ4v) is 2.98. The van der Waals surface area contributed by atoms with Crippen LogP contribution in [0.4, 0.5) is 5.95 Å². The molecule has 7 heteroatoms. The van der Waals surface area contributed by atoms with Crippen molar-refractivity contribution in [2.24, 2.45) is 0 Å². The lowest BCUT2D eigenvalue weighted by Gasteiger charge is -2.26. The van der Waals surface area contributed by atoms with Crippen molar-refractivity contribution >= 4 is 17.0 Å². The summed E-state index contributed by atoms with van der Waals surface area (Å²) in [5.41, 5.74) is 1.23. The number of hydrogen-bond donors (Lipinski definition) is 2. The number of anilines is 1. The first-order valence-electron chi connectivity index (χ1n) is 8.65. The molecule has 0 aliphatic rings. The fraction of sp³-hybridized carbons (Fsp3) is 0.389. The van der Waals surface area contributed by atoms with Crippen LogP contribution in [-0.2, 0) is 0 Å². The first-order valence-corrected chi connectivity index (χ1v) is 8.65. The first-order chi connectivity index (χ1) is 12.1. The molecule has 2 N–H and O–H groups in total. The number of benzene rings is 1. The van der Waals surface area contributed by atoms with Crippen molar-refractivity contribution in [3.63, 3.8) is 0 Å². The number of likely N-dealkylation sites (N-methyl/N-ethyl adjacent to an activating group) is 1. The highest BCUT2D eigenvalue weighted by Gasteiger charge is 2.13. The molecule has 0 saturated carbocycles.